The van der Waals surface area contributed by atoms with E-state index in [1.807, 2.05) is 0 Å². The fourth-order valence-corrected chi connectivity index (χ4v) is 5.55. The van der Waals surface area contributed by atoms with Gasteiger partial charge in [-0.2, -0.15) is 0 Å². The molecule has 0 bridgehead atoms. The fourth-order valence-electron chi connectivity index (χ4n) is 5.55. The molecule has 7 N–H and O–H groups in total. The molecule has 1 aliphatic carbocycles. The number of piperidine rings is 1. The van der Waals surface area contributed by atoms with Gasteiger partial charge in [0.15, 0.2) is 23.8 Å². The van der Waals surface area contributed by atoms with E-state index in [9.17, 15) is 19.8 Å². The first-order valence-corrected chi connectivity index (χ1v) is 14.4. The number of nitrogen functional groups attached to an aromatic ring is 2. The van der Waals surface area contributed by atoms with Gasteiger partial charge in [-0.05, 0) is 68.7 Å². The number of hydrogen-bond acceptors (Lipinski definition) is 11. The highest BCUT2D eigenvalue weighted by atomic mass is 16.6. The lowest BCUT2D eigenvalue weighted by Gasteiger charge is -2.31. The molecular formula is C28H36N8O6. The van der Waals surface area contributed by atoms with Gasteiger partial charge >= 0.3 is 6.09 Å². The molecule has 3 aromatic rings. The Kier molecular flexibility index (Phi) is 7.84. The van der Waals surface area contributed by atoms with E-state index in [1.54, 1.807) is 29.2 Å². The molecule has 2 saturated heterocycles. The van der Waals surface area contributed by atoms with Crippen LogP contribution in [0.15, 0.2) is 30.6 Å². The van der Waals surface area contributed by atoms with Crippen molar-refractivity contribution in [2.45, 2.75) is 75.5 Å². The van der Waals surface area contributed by atoms with E-state index in [2.05, 4.69) is 20.3 Å². The van der Waals surface area contributed by atoms with Crippen LogP contribution in [0.25, 0.3) is 11.2 Å². The predicted octanol–water partition coefficient (Wildman–Crippen LogP) is 1.12. The van der Waals surface area contributed by atoms with Crippen molar-refractivity contribution in [2.24, 2.45) is 5.92 Å². The molecule has 2 aliphatic heterocycles. The Balaban J connectivity index is 1.03. The van der Waals surface area contributed by atoms with Crippen LogP contribution in [0.1, 0.15) is 50.6 Å². The summed E-state index contributed by atoms with van der Waals surface area (Å²) < 4.78 is 12.7. The van der Waals surface area contributed by atoms with Crippen LogP contribution in [0.3, 0.4) is 0 Å². The SMILES string of the molecule is Nc1ccc(OC(=O)N2CCC(CCCc3nc(N)c4ncn([C@@H]5O[C@H](C(=O)NC6CC6)C(O)[C@@H]5O)c4n3)CC2)cc1. The van der Waals surface area contributed by atoms with Crippen molar-refractivity contribution in [3.63, 3.8) is 0 Å². The number of likely N-dealkylation sites (tertiary alicyclic amines) is 1. The lowest BCUT2D eigenvalue weighted by Crippen LogP contribution is -2.43. The number of hydrogen-bond donors (Lipinski definition) is 5. The zero-order valence-electron chi connectivity index (χ0n) is 23.1. The van der Waals surface area contributed by atoms with E-state index in [1.165, 1.54) is 10.9 Å². The predicted molar refractivity (Wildman–Crippen MR) is 151 cm³/mol. The molecule has 0 spiro atoms. The number of aromatic nitrogens is 4. The number of ether oxygens (including phenoxy) is 2. The number of aliphatic hydroxyl groups is 2. The third-order valence-corrected chi connectivity index (χ3v) is 8.16. The molecule has 3 aliphatic rings. The summed E-state index contributed by atoms with van der Waals surface area (Å²) in [7, 11) is 0. The molecule has 224 valence electrons. The summed E-state index contributed by atoms with van der Waals surface area (Å²) in [6.45, 7) is 1.25. The summed E-state index contributed by atoms with van der Waals surface area (Å²) in [6.07, 6.45) is 1.94. The standard InChI is InChI=1S/C28H36N8O6/c29-16-4-8-18(9-5-16)41-28(40)35-12-10-15(11-13-35)2-1-3-19-33-24(30)20-25(34-19)36(14-31-20)27-22(38)21(37)23(42-27)26(39)32-17-6-7-17/h4-5,8-9,14-15,17,21-23,27,37-38H,1-3,6-7,10-13,29H2,(H,32,39)(H2,30,33,34)/t21?,22-,23-,27+/m0/s1. The molecule has 2 aromatic heterocycles. The molecule has 0 radical (unpaired) electrons. The van der Waals surface area contributed by atoms with Gasteiger partial charge in [0.05, 0.1) is 6.33 Å². The van der Waals surface area contributed by atoms with Gasteiger partial charge in [0, 0.05) is 31.2 Å². The number of fused-ring (bicyclic) bond motifs is 1. The Morgan fingerprint density at radius 3 is 2.50 bits per heavy atom. The molecule has 3 fully saturated rings. The largest absolute Gasteiger partial charge is 0.415 e. The summed E-state index contributed by atoms with van der Waals surface area (Å²) in [4.78, 5) is 40.1. The minimum absolute atomic E-state index is 0.0954. The first-order valence-electron chi connectivity index (χ1n) is 14.4. The second-order valence-electron chi connectivity index (χ2n) is 11.3. The number of aryl methyl sites for hydroxylation is 1. The number of anilines is 2. The van der Waals surface area contributed by atoms with Crippen molar-refractivity contribution in [3.8, 4) is 5.75 Å². The summed E-state index contributed by atoms with van der Waals surface area (Å²) in [5, 5.41) is 24.0. The van der Waals surface area contributed by atoms with Crippen molar-refractivity contribution in [1.82, 2.24) is 29.7 Å². The second-order valence-corrected chi connectivity index (χ2v) is 11.3. The zero-order valence-corrected chi connectivity index (χ0v) is 23.1. The Morgan fingerprint density at radius 2 is 1.79 bits per heavy atom. The first-order chi connectivity index (χ1) is 20.3. The average molecular weight is 581 g/mol. The van der Waals surface area contributed by atoms with Crippen LogP contribution in [0.4, 0.5) is 16.3 Å². The number of nitrogens with two attached hydrogens (primary N) is 2. The van der Waals surface area contributed by atoms with Crippen LogP contribution < -0.4 is 21.5 Å². The average Bonchev–Trinajstić information content (AvgIpc) is 3.61. The summed E-state index contributed by atoms with van der Waals surface area (Å²) in [5.41, 5.74) is 13.2. The molecule has 2 amide bonds. The van der Waals surface area contributed by atoms with E-state index < -0.39 is 30.4 Å². The van der Waals surface area contributed by atoms with Gasteiger partial charge in [-0.15, -0.1) is 0 Å². The number of benzene rings is 1. The zero-order chi connectivity index (χ0) is 29.4. The Labute approximate surface area is 242 Å². The van der Waals surface area contributed by atoms with Gasteiger partial charge in [0.2, 0.25) is 0 Å². The van der Waals surface area contributed by atoms with E-state index >= 15 is 0 Å². The third kappa shape index (κ3) is 5.96. The van der Waals surface area contributed by atoms with Crippen LogP contribution in [0.2, 0.25) is 0 Å². The van der Waals surface area contributed by atoms with Gasteiger partial charge in [-0.1, -0.05) is 0 Å². The van der Waals surface area contributed by atoms with Crippen molar-refractivity contribution >= 4 is 34.7 Å². The van der Waals surface area contributed by atoms with Crippen LogP contribution in [0.5, 0.6) is 5.75 Å². The van der Waals surface area contributed by atoms with Crippen molar-refractivity contribution in [3.05, 3.63) is 36.4 Å². The summed E-state index contributed by atoms with van der Waals surface area (Å²) in [5.74, 6) is 1.22. The monoisotopic (exact) mass is 580 g/mol. The maximum absolute atomic E-state index is 12.5. The van der Waals surface area contributed by atoms with Crippen LogP contribution in [0, 0.1) is 5.92 Å². The number of carbonyl (C=O) groups is 2. The molecule has 14 heteroatoms. The number of aliphatic hydroxyl groups excluding tert-OH is 2. The van der Waals surface area contributed by atoms with Crippen LogP contribution >= 0.6 is 0 Å². The number of carbonyl (C=O) groups excluding carboxylic acids is 2. The quantitative estimate of drug-likeness (QED) is 0.239. The minimum Gasteiger partial charge on any atom is -0.410 e. The third-order valence-electron chi connectivity index (χ3n) is 8.16. The van der Waals surface area contributed by atoms with Crippen LogP contribution in [-0.2, 0) is 16.0 Å². The first kappa shape index (κ1) is 28.1. The molecule has 6 rings (SSSR count). The van der Waals surface area contributed by atoms with E-state index in [4.69, 9.17) is 20.9 Å². The maximum Gasteiger partial charge on any atom is 0.415 e. The van der Waals surface area contributed by atoms with Crippen molar-refractivity contribution in [1.29, 1.82) is 0 Å². The molecule has 42 heavy (non-hydrogen) atoms. The maximum atomic E-state index is 12.5. The van der Waals surface area contributed by atoms with Gasteiger partial charge in [0.1, 0.15) is 29.3 Å². The van der Waals surface area contributed by atoms with E-state index in [0.717, 1.165) is 38.5 Å². The second kappa shape index (κ2) is 11.7. The number of nitrogens with one attached hydrogen (secondary N) is 1. The lowest BCUT2D eigenvalue weighted by molar-refractivity contribution is -0.137. The lowest BCUT2D eigenvalue weighted by atomic mass is 9.91. The van der Waals surface area contributed by atoms with Gasteiger partial charge in [-0.25, -0.2) is 19.7 Å². The normalized spacial score (nSPS) is 24.7. The Hall–Kier alpha value is -4.01. The number of rotatable bonds is 8. The van der Waals surface area contributed by atoms with Gasteiger partial charge < -0.3 is 41.4 Å². The van der Waals surface area contributed by atoms with Gasteiger partial charge in [-0.3, -0.25) is 9.36 Å². The summed E-state index contributed by atoms with van der Waals surface area (Å²) in [6, 6.07) is 6.84. The van der Waals surface area contributed by atoms with Crippen LogP contribution in [-0.4, -0.2) is 84.1 Å². The highest BCUT2D eigenvalue weighted by Gasteiger charge is 2.48. The molecule has 1 aromatic carbocycles. The number of amides is 2. The van der Waals surface area contributed by atoms with Crippen molar-refractivity contribution < 1.29 is 29.3 Å². The summed E-state index contributed by atoms with van der Waals surface area (Å²) >= 11 is 0. The highest BCUT2D eigenvalue weighted by molar-refractivity contribution is 5.83. The Bertz CT molecular complexity index is 1440. The van der Waals surface area contributed by atoms with Crippen molar-refractivity contribution in [2.75, 3.05) is 24.6 Å². The van der Waals surface area contributed by atoms with E-state index in [0.29, 0.717) is 53.9 Å². The van der Waals surface area contributed by atoms with Gasteiger partial charge in [0.25, 0.3) is 5.91 Å². The highest BCUT2D eigenvalue weighted by Crippen LogP contribution is 2.33. The van der Waals surface area contributed by atoms with E-state index in [-0.39, 0.29) is 18.0 Å². The molecule has 4 atom stereocenters. The topological polar surface area (TPSA) is 204 Å². The molecule has 14 nitrogen and oxygen atoms in total. The molecule has 1 saturated carbocycles. The number of nitrogens with zero attached hydrogens (tertiary/aromatic N) is 5. The minimum atomic E-state index is -1.39. The molecule has 4 heterocycles. The Morgan fingerprint density at radius 1 is 1.05 bits per heavy atom. The smallest absolute Gasteiger partial charge is 0.410 e. The molecule has 1 unspecified atom stereocenters. The molecular weight excluding hydrogens is 544 g/mol. The fraction of sp³-hybridized carbons (Fsp3) is 0.536. The number of imidazole rings is 1.